The SMILES string of the molecule is Cc1ccc(-n2nc(C)c3c2NC(=O)CS[C@H]3c2ccccc2C)cc1. The fourth-order valence-electron chi connectivity index (χ4n) is 3.38. The summed E-state index contributed by atoms with van der Waals surface area (Å²) in [5.74, 6) is 1.23. The fourth-order valence-corrected chi connectivity index (χ4v) is 4.67. The van der Waals surface area contributed by atoms with E-state index in [-0.39, 0.29) is 11.2 Å². The number of aromatic nitrogens is 2. The minimum atomic E-state index is 0.0144. The van der Waals surface area contributed by atoms with E-state index in [1.807, 2.05) is 29.8 Å². The number of fused-ring (bicyclic) bond motifs is 1. The molecule has 132 valence electrons. The number of thioether (sulfide) groups is 1. The predicted octanol–water partition coefficient (Wildman–Crippen LogP) is 4.57. The summed E-state index contributed by atoms with van der Waals surface area (Å²) in [5, 5.41) is 7.93. The van der Waals surface area contributed by atoms with Gasteiger partial charge < -0.3 is 5.32 Å². The van der Waals surface area contributed by atoms with Gasteiger partial charge >= 0.3 is 0 Å². The van der Waals surface area contributed by atoms with E-state index in [0.29, 0.717) is 5.75 Å². The van der Waals surface area contributed by atoms with Gasteiger partial charge in [-0.3, -0.25) is 4.79 Å². The lowest BCUT2D eigenvalue weighted by Gasteiger charge is -2.17. The van der Waals surface area contributed by atoms with Crippen LogP contribution in [0.25, 0.3) is 5.69 Å². The number of hydrogen-bond acceptors (Lipinski definition) is 3. The molecule has 1 aliphatic heterocycles. The van der Waals surface area contributed by atoms with Crippen molar-refractivity contribution < 1.29 is 4.79 Å². The Hall–Kier alpha value is -2.53. The topological polar surface area (TPSA) is 46.9 Å². The van der Waals surface area contributed by atoms with E-state index in [0.717, 1.165) is 22.8 Å². The third-order valence-corrected chi connectivity index (χ3v) is 6.01. The molecule has 1 N–H and O–H groups in total. The lowest BCUT2D eigenvalue weighted by molar-refractivity contribution is -0.113. The molecule has 1 aliphatic rings. The molecule has 26 heavy (non-hydrogen) atoms. The molecule has 5 heteroatoms. The van der Waals surface area contributed by atoms with Crippen molar-refractivity contribution in [2.75, 3.05) is 11.1 Å². The summed E-state index contributed by atoms with van der Waals surface area (Å²) < 4.78 is 1.86. The number of nitrogens with one attached hydrogen (secondary N) is 1. The normalized spacial score (nSPS) is 16.7. The number of anilines is 1. The van der Waals surface area contributed by atoms with Crippen LogP contribution in [0, 0.1) is 20.8 Å². The van der Waals surface area contributed by atoms with Gasteiger partial charge in [-0.05, 0) is 44.0 Å². The minimum absolute atomic E-state index is 0.0144. The van der Waals surface area contributed by atoms with Crippen molar-refractivity contribution in [1.82, 2.24) is 9.78 Å². The number of carbonyl (C=O) groups is 1. The largest absolute Gasteiger partial charge is 0.310 e. The van der Waals surface area contributed by atoms with E-state index in [1.165, 1.54) is 16.7 Å². The van der Waals surface area contributed by atoms with Crippen molar-refractivity contribution in [1.29, 1.82) is 0 Å². The molecule has 1 amide bonds. The molecule has 4 rings (SSSR count). The predicted molar refractivity (Wildman–Crippen MR) is 107 cm³/mol. The van der Waals surface area contributed by atoms with Gasteiger partial charge in [0.05, 0.1) is 22.4 Å². The van der Waals surface area contributed by atoms with Crippen LogP contribution in [0.5, 0.6) is 0 Å². The van der Waals surface area contributed by atoms with Gasteiger partial charge in [0.2, 0.25) is 5.91 Å². The van der Waals surface area contributed by atoms with Crippen molar-refractivity contribution in [2.24, 2.45) is 0 Å². The van der Waals surface area contributed by atoms with E-state index in [1.54, 1.807) is 11.8 Å². The monoisotopic (exact) mass is 363 g/mol. The molecule has 4 nitrogen and oxygen atoms in total. The van der Waals surface area contributed by atoms with Gasteiger partial charge in [-0.2, -0.15) is 5.10 Å². The van der Waals surface area contributed by atoms with Crippen molar-refractivity contribution in [2.45, 2.75) is 26.0 Å². The first kappa shape index (κ1) is 16.9. The van der Waals surface area contributed by atoms with Gasteiger partial charge in [0.25, 0.3) is 0 Å². The van der Waals surface area contributed by atoms with E-state index in [4.69, 9.17) is 5.10 Å². The second kappa shape index (κ2) is 6.65. The average molecular weight is 363 g/mol. The number of rotatable bonds is 2. The molecule has 0 bridgehead atoms. The van der Waals surface area contributed by atoms with Crippen LogP contribution in [0.3, 0.4) is 0 Å². The highest BCUT2D eigenvalue weighted by Crippen LogP contribution is 2.44. The number of amides is 1. The maximum absolute atomic E-state index is 12.4. The minimum Gasteiger partial charge on any atom is -0.310 e. The van der Waals surface area contributed by atoms with Crippen LogP contribution in [0.2, 0.25) is 0 Å². The Labute approximate surface area is 157 Å². The number of aryl methyl sites for hydroxylation is 3. The maximum Gasteiger partial charge on any atom is 0.235 e. The first-order valence-electron chi connectivity index (χ1n) is 8.68. The molecule has 3 aromatic rings. The summed E-state index contributed by atoms with van der Waals surface area (Å²) in [4.78, 5) is 12.4. The van der Waals surface area contributed by atoms with Crippen molar-refractivity contribution >= 4 is 23.5 Å². The van der Waals surface area contributed by atoms with Crippen LogP contribution < -0.4 is 5.32 Å². The molecule has 0 aliphatic carbocycles. The molecule has 0 saturated heterocycles. The Morgan fingerprint density at radius 1 is 1.08 bits per heavy atom. The van der Waals surface area contributed by atoms with Gasteiger partial charge in [0, 0.05) is 5.56 Å². The molecule has 2 heterocycles. The fraction of sp³-hybridized carbons (Fsp3) is 0.238. The number of nitrogens with zero attached hydrogens (tertiary/aromatic N) is 2. The summed E-state index contributed by atoms with van der Waals surface area (Å²) in [6.45, 7) is 6.20. The maximum atomic E-state index is 12.4. The Morgan fingerprint density at radius 3 is 2.54 bits per heavy atom. The molecule has 0 radical (unpaired) electrons. The summed E-state index contributed by atoms with van der Waals surface area (Å²) in [7, 11) is 0. The highest BCUT2D eigenvalue weighted by atomic mass is 32.2. The molecule has 1 aromatic heterocycles. The first-order valence-corrected chi connectivity index (χ1v) is 9.73. The Bertz CT molecular complexity index is 975. The van der Waals surface area contributed by atoms with Crippen LogP contribution in [-0.4, -0.2) is 21.4 Å². The van der Waals surface area contributed by atoms with E-state index >= 15 is 0 Å². The van der Waals surface area contributed by atoms with Crippen molar-refractivity contribution in [3.63, 3.8) is 0 Å². The van der Waals surface area contributed by atoms with Crippen LogP contribution in [0.1, 0.15) is 33.2 Å². The molecule has 0 unspecified atom stereocenters. The lowest BCUT2D eigenvalue weighted by Crippen LogP contribution is -2.15. The molecular weight excluding hydrogens is 342 g/mol. The first-order chi connectivity index (χ1) is 12.5. The second-order valence-corrected chi connectivity index (χ2v) is 7.78. The average Bonchev–Trinajstić information content (AvgIpc) is 2.83. The second-order valence-electron chi connectivity index (χ2n) is 6.69. The zero-order chi connectivity index (χ0) is 18.3. The molecule has 2 aromatic carbocycles. The third kappa shape index (κ3) is 2.92. The molecule has 0 saturated carbocycles. The van der Waals surface area contributed by atoms with Gasteiger partial charge in [-0.15, -0.1) is 11.8 Å². The molecule has 1 atom stereocenters. The van der Waals surface area contributed by atoms with Gasteiger partial charge in [-0.1, -0.05) is 42.0 Å². The van der Waals surface area contributed by atoms with Crippen molar-refractivity contribution in [3.8, 4) is 5.69 Å². The summed E-state index contributed by atoms with van der Waals surface area (Å²) in [6, 6.07) is 16.6. The summed E-state index contributed by atoms with van der Waals surface area (Å²) in [5.41, 5.74) is 6.66. The van der Waals surface area contributed by atoms with E-state index in [9.17, 15) is 4.79 Å². The Morgan fingerprint density at radius 2 is 1.81 bits per heavy atom. The summed E-state index contributed by atoms with van der Waals surface area (Å²) in [6.07, 6.45) is 0. The molecule has 0 fully saturated rings. The Kier molecular flexibility index (Phi) is 4.32. The smallest absolute Gasteiger partial charge is 0.235 e. The zero-order valence-corrected chi connectivity index (χ0v) is 15.9. The van der Waals surface area contributed by atoms with Crippen LogP contribution in [0.15, 0.2) is 48.5 Å². The van der Waals surface area contributed by atoms with E-state index in [2.05, 4.69) is 49.5 Å². The van der Waals surface area contributed by atoms with Gasteiger partial charge in [-0.25, -0.2) is 4.68 Å². The highest BCUT2D eigenvalue weighted by molar-refractivity contribution is 8.00. The van der Waals surface area contributed by atoms with Gasteiger partial charge in [0.15, 0.2) is 0 Å². The van der Waals surface area contributed by atoms with Crippen LogP contribution in [-0.2, 0) is 4.79 Å². The Balaban J connectivity index is 1.91. The van der Waals surface area contributed by atoms with Crippen molar-refractivity contribution in [3.05, 3.63) is 76.5 Å². The summed E-state index contributed by atoms with van der Waals surface area (Å²) >= 11 is 1.66. The number of benzene rings is 2. The van der Waals surface area contributed by atoms with Gasteiger partial charge in [0.1, 0.15) is 5.82 Å². The quantitative estimate of drug-likeness (QED) is 0.725. The third-order valence-electron chi connectivity index (χ3n) is 4.76. The van der Waals surface area contributed by atoms with E-state index < -0.39 is 0 Å². The molecule has 0 spiro atoms. The zero-order valence-electron chi connectivity index (χ0n) is 15.1. The lowest BCUT2D eigenvalue weighted by atomic mass is 10.00. The highest BCUT2D eigenvalue weighted by Gasteiger charge is 2.31. The van der Waals surface area contributed by atoms with Crippen LogP contribution >= 0.6 is 11.8 Å². The number of carbonyl (C=O) groups excluding carboxylic acids is 1. The number of hydrogen-bond donors (Lipinski definition) is 1. The van der Waals surface area contributed by atoms with Crippen LogP contribution in [0.4, 0.5) is 5.82 Å². The molecular formula is C21H21N3OS. The standard InChI is InChI=1S/C21H21N3OS/c1-13-8-10-16(11-9-13)24-21-19(15(3)23-24)20(26-12-18(25)22-21)17-7-5-4-6-14(17)2/h4-11,20H,12H2,1-3H3,(H,22,25)/t20-/m0/s1.